The highest BCUT2D eigenvalue weighted by atomic mass is 32.2. The highest BCUT2D eigenvalue weighted by molar-refractivity contribution is 8.00. The lowest BCUT2D eigenvalue weighted by atomic mass is 10.1. The van der Waals surface area contributed by atoms with E-state index in [2.05, 4.69) is 23.4 Å². The number of hydrogen-bond acceptors (Lipinski definition) is 3. The Morgan fingerprint density at radius 2 is 2.30 bits per heavy atom. The Morgan fingerprint density at radius 3 is 2.90 bits per heavy atom. The molecule has 1 aliphatic rings. The first-order chi connectivity index (χ1) is 9.60. The Balaban J connectivity index is 2.12. The quantitative estimate of drug-likeness (QED) is 0.832. The number of amides is 1. The van der Waals surface area contributed by atoms with Crippen molar-refractivity contribution in [1.82, 2.24) is 5.32 Å². The second-order valence-corrected chi connectivity index (χ2v) is 6.04. The zero-order chi connectivity index (χ0) is 14.6. The fourth-order valence-corrected chi connectivity index (χ4v) is 2.62. The van der Waals surface area contributed by atoms with Crippen LogP contribution in [-0.2, 0) is 0 Å². The number of halogens is 1. The number of nitrogens with two attached hydrogens (primary N) is 1. The molecule has 20 heavy (non-hydrogen) atoms. The van der Waals surface area contributed by atoms with E-state index in [1.165, 1.54) is 18.2 Å². The summed E-state index contributed by atoms with van der Waals surface area (Å²) >= 11 is 1.78. The number of nitrogens with one attached hydrogen (secondary N) is 1. The summed E-state index contributed by atoms with van der Waals surface area (Å²) < 4.78 is 13.4. The van der Waals surface area contributed by atoms with Gasteiger partial charge in [-0.1, -0.05) is 11.8 Å². The van der Waals surface area contributed by atoms with Crippen molar-refractivity contribution in [3.05, 3.63) is 35.1 Å². The molecule has 1 saturated carbocycles. The molecule has 3 N–H and O–H groups in total. The lowest BCUT2D eigenvalue weighted by Crippen LogP contribution is -2.32. The van der Waals surface area contributed by atoms with Gasteiger partial charge in [0, 0.05) is 16.9 Å². The third-order valence-electron chi connectivity index (χ3n) is 3.36. The van der Waals surface area contributed by atoms with Crippen molar-refractivity contribution >= 4 is 17.7 Å². The first kappa shape index (κ1) is 14.9. The summed E-state index contributed by atoms with van der Waals surface area (Å²) in [7, 11) is 0. The number of carbonyl (C=O) groups is 1. The van der Waals surface area contributed by atoms with Crippen LogP contribution in [0.25, 0.3) is 0 Å². The summed E-state index contributed by atoms with van der Waals surface area (Å²) in [6.45, 7) is 0.807. The summed E-state index contributed by atoms with van der Waals surface area (Å²) in [4.78, 5) is 12.2. The summed E-state index contributed by atoms with van der Waals surface area (Å²) in [5.41, 5.74) is 6.08. The van der Waals surface area contributed by atoms with Gasteiger partial charge in [0.2, 0.25) is 0 Å². The van der Waals surface area contributed by atoms with E-state index in [1.54, 1.807) is 11.8 Å². The molecule has 0 saturated heterocycles. The molecule has 1 aromatic rings. The topological polar surface area (TPSA) is 55.1 Å². The molecule has 0 bridgehead atoms. The fourth-order valence-electron chi connectivity index (χ4n) is 1.89. The maximum atomic E-state index is 13.2. The van der Waals surface area contributed by atoms with E-state index in [4.69, 9.17) is 5.73 Å². The molecule has 1 fully saturated rings. The molecule has 1 amide bonds. The van der Waals surface area contributed by atoms with Crippen LogP contribution in [0.5, 0.6) is 0 Å². The van der Waals surface area contributed by atoms with E-state index >= 15 is 0 Å². The lowest BCUT2D eigenvalue weighted by molar-refractivity contribution is 0.0952. The molecule has 106 valence electrons. The van der Waals surface area contributed by atoms with E-state index in [9.17, 15) is 9.18 Å². The molecule has 0 radical (unpaired) electrons. The van der Waals surface area contributed by atoms with Gasteiger partial charge in [-0.2, -0.15) is 11.8 Å². The molecule has 0 aromatic heterocycles. The number of hydrogen-bond donors (Lipinski definition) is 2. The lowest BCUT2D eigenvalue weighted by Gasteiger charge is -2.13. The number of thioether (sulfide) groups is 1. The summed E-state index contributed by atoms with van der Waals surface area (Å²) in [5.74, 6) is 4.76. The molecule has 0 heterocycles. The molecule has 5 heteroatoms. The third kappa shape index (κ3) is 3.53. The first-order valence-electron chi connectivity index (χ1n) is 6.42. The third-order valence-corrected chi connectivity index (χ3v) is 4.78. The average molecular weight is 292 g/mol. The SMILES string of the molecule is CSC1(CNC(=O)c2ccc(F)cc2C#CCN)CC1. The Kier molecular flexibility index (Phi) is 4.69. The second kappa shape index (κ2) is 6.29. The normalized spacial score (nSPS) is 15.2. The molecule has 1 aliphatic carbocycles. The molecular formula is C15H17FN2OS. The number of carbonyl (C=O) groups excluding carboxylic acids is 1. The van der Waals surface area contributed by atoms with E-state index in [-0.39, 0.29) is 17.2 Å². The Labute approximate surface area is 122 Å². The second-order valence-electron chi connectivity index (χ2n) is 4.77. The van der Waals surface area contributed by atoms with Gasteiger partial charge in [-0.05, 0) is 37.3 Å². The molecule has 2 rings (SSSR count). The van der Waals surface area contributed by atoms with E-state index in [0.29, 0.717) is 17.7 Å². The zero-order valence-corrected chi connectivity index (χ0v) is 12.1. The highest BCUT2D eigenvalue weighted by Crippen LogP contribution is 2.46. The molecule has 3 nitrogen and oxygen atoms in total. The summed E-state index contributed by atoms with van der Waals surface area (Å²) in [5, 5.41) is 2.91. The van der Waals surface area contributed by atoms with Crippen molar-refractivity contribution in [1.29, 1.82) is 0 Å². The van der Waals surface area contributed by atoms with Gasteiger partial charge in [0.1, 0.15) is 5.82 Å². The van der Waals surface area contributed by atoms with E-state index in [1.807, 2.05) is 0 Å². The van der Waals surface area contributed by atoms with Gasteiger partial charge in [-0.3, -0.25) is 4.79 Å². The average Bonchev–Trinajstić information content (AvgIpc) is 3.23. The largest absolute Gasteiger partial charge is 0.351 e. The number of rotatable bonds is 4. The maximum Gasteiger partial charge on any atom is 0.252 e. The van der Waals surface area contributed by atoms with Crippen molar-refractivity contribution < 1.29 is 9.18 Å². The smallest absolute Gasteiger partial charge is 0.252 e. The van der Waals surface area contributed by atoms with Crippen LogP contribution in [-0.4, -0.2) is 30.0 Å². The zero-order valence-electron chi connectivity index (χ0n) is 11.3. The predicted molar refractivity (Wildman–Crippen MR) is 80.1 cm³/mol. The van der Waals surface area contributed by atoms with Gasteiger partial charge in [0.15, 0.2) is 0 Å². The van der Waals surface area contributed by atoms with Crippen LogP contribution in [0.3, 0.4) is 0 Å². The minimum Gasteiger partial charge on any atom is -0.351 e. The van der Waals surface area contributed by atoms with Crippen LogP contribution in [0.2, 0.25) is 0 Å². The van der Waals surface area contributed by atoms with Gasteiger partial charge in [0.25, 0.3) is 5.91 Å². The molecule has 0 atom stereocenters. The van der Waals surface area contributed by atoms with Crippen LogP contribution < -0.4 is 11.1 Å². The summed E-state index contributed by atoms with van der Waals surface area (Å²) in [6, 6.07) is 3.99. The Morgan fingerprint density at radius 1 is 1.55 bits per heavy atom. The molecule has 0 unspecified atom stereocenters. The van der Waals surface area contributed by atoms with Crippen molar-refractivity contribution in [2.45, 2.75) is 17.6 Å². The van der Waals surface area contributed by atoms with Crippen molar-refractivity contribution in [3.8, 4) is 11.8 Å². The van der Waals surface area contributed by atoms with Gasteiger partial charge in [0.05, 0.1) is 12.1 Å². The molecule has 1 aromatic carbocycles. The van der Waals surface area contributed by atoms with Crippen molar-refractivity contribution in [3.63, 3.8) is 0 Å². The van der Waals surface area contributed by atoms with E-state index in [0.717, 1.165) is 12.8 Å². The van der Waals surface area contributed by atoms with Crippen molar-refractivity contribution in [2.24, 2.45) is 5.73 Å². The molecule has 0 aliphatic heterocycles. The minimum atomic E-state index is -0.411. The van der Waals surface area contributed by atoms with Gasteiger partial charge in [-0.15, -0.1) is 0 Å². The van der Waals surface area contributed by atoms with Crippen LogP contribution >= 0.6 is 11.8 Å². The molecular weight excluding hydrogens is 275 g/mol. The van der Waals surface area contributed by atoms with Gasteiger partial charge in [-0.25, -0.2) is 4.39 Å². The maximum absolute atomic E-state index is 13.2. The van der Waals surface area contributed by atoms with Gasteiger partial charge < -0.3 is 11.1 Å². The standard InChI is InChI=1S/C15H17FN2OS/c1-20-15(6-7-15)10-18-14(19)13-5-4-12(16)9-11(13)3-2-8-17/h4-5,9H,6-8,10,17H2,1H3,(H,18,19). The Bertz CT molecular complexity index is 573. The molecule has 0 spiro atoms. The minimum absolute atomic E-state index is 0.174. The highest BCUT2D eigenvalue weighted by Gasteiger charge is 2.42. The fraction of sp³-hybridized carbons (Fsp3) is 0.400. The Hall–Kier alpha value is -1.51. The van der Waals surface area contributed by atoms with Gasteiger partial charge >= 0.3 is 0 Å². The monoisotopic (exact) mass is 292 g/mol. The van der Waals surface area contributed by atoms with Crippen molar-refractivity contribution in [2.75, 3.05) is 19.3 Å². The van der Waals surface area contributed by atoms with Crippen LogP contribution in [0.1, 0.15) is 28.8 Å². The van der Waals surface area contributed by atoms with Crippen LogP contribution in [0.15, 0.2) is 18.2 Å². The number of benzene rings is 1. The van der Waals surface area contributed by atoms with E-state index < -0.39 is 5.82 Å². The summed E-state index contributed by atoms with van der Waals surface area (Å²) in [6.07, 6.45) is 4.30. The van der Waals surface area contributed by atoms with Crippen LogP contribution in [0, 0.1) is 17.7 Å². The van der Waals surface area contributed by atoms with Crippen LogP contribution in [0.4, 0.5) is 4.39 Å². The predicted octanol–water partition coefficient (Wildman–Crippen LogP) is 1.76. The first-order valence-corrected chi connectivity index (χ1v) is 7.64.